The summed E-state index contributed by atoms with van der Waals surface area (Å²) in [4.78, 5) is 25.2. The fraction of sp³-hybridized carbons (Fsp3) is 0.385. The van der Waals surface area contributed by atoms with Crippen LogP contribution < -0.4 is 5.32 Å². The molecule has 96 valence electrons. The van der Waals surface area contributed by atoms with Crippen molar-refractivity contribution in [1.82, 2.24) is 10.2 Å². The fourth-order valence-electron chi connectivity index (χ4n) is 1.63. The average Bonchev–Trinajstić information content (AvgIpc) is 3.12. The molecule has 2 rings (SSSR count). The standard InChI is InChI=1S/C13H15BrN2O2/c1-16(8-12(17)15-9-6-7-9)13(18)10-4-2-3-5-11(10)14/h2-5,9H,6-8H2,1H3,(H,15,17). The van der Waals surface area contributed by atoms with Gasteiger partial charge in [-0.05, 0) is 40.9 Å². The zero-order chi connectivity index (χ0) is 13.1. The predicted octanol–water partition coefficient (Wildman–Crippen LogP) is 1.80. The Morgan fingerprint density at radius 3 is 2.67 bits per heavy atom. The second-order valence-electron chi connectivity index (χ2n) is 4.48. The molecule has 5 heteroatoms. The lowest BCUT2D eigenvalue weighted by molar-refractivity contribution is -0.121. The number of rotatable bonds is 4. The van der Waals surface area contributed by atoms with Gasteiger partial charge in [0.15, 0.2) is 0 Å². The van der Waals surface area contributed by atoms with Gasteiger partial charge < -0.3 is 10.2 Å². The maximum atomic E-state index is 12.1. The van der Waals surface area contributed by atoms with Gasteiger partial charge in [0.25, 0.3) is 5.91 Å². The second-order valence-corrected chi connectivity index (χ2v) is 5.34. The molecule has 0 saturated heterocycles. The molecular formula is C13H15BrN2O2. The summed E-state index contributed by atoms with van der Waals surface area (Å²) in [5.41, 5.74) is 0.569. The highest BCUT2D eigenvalue weighted by Crippen LogP contribution is 2.19. The van der Waals surface area contributed by atoms with Crippen LogP contribution in [-0.2, 0) is 4.79 Å². The molecule has 1 aliphatic carbocycles. The number of carbonyl (C=O) groups is 2. The molecular weight excluding hydrogens is 296 g/mol. The quantitative estimate of drug-likeness (QED) is 0.922. The fourth-order valence-corrected chi connectivity index (χ4v) is 2.08. The summed E-state index contributed by atoms with van der Waals surface area (Å²) in [5, 5.41) is 2.86. The van der Waals surface area contributed by atoms with Crippen LogP contribution in [0.15, 0.2) is 28.7 Å². The van der Waals surface area contributed by atoms with E-state index in [0.29, 0.717) is 11.6 Å². The lowest BCUT2D eigenvalue weighted by Crippen LogP contribution is -2.39. The number of hydrogen-bond acceptors (Lipinski definition) is 2. The van der Waals surface area contributed by atoms with E-state index in [-0.39, 0.29) is 18.4 Å². The van der Waals surface area contributed by atoms with Gasteiger partial charge in [-0.15, -0.1) is 0 Å². The topological polar surface area (TPSA) is 49.4 Å². The molecule has 18 heavy (non-hydrogen) atoms. The summed E-state index contributed by atoms with van der Waals surface area (Å²) in [6.07, 6.45) is 2.10. The molecule has 0 unspecified atom stereocenters. The number of nitrogens with zero attached hydrogens (tertiary/aromatic N) is 1. The summed E-state index contributed by atoms with van der Waals surface area (Å²) in [6, 6.07) is 7.52. The van der Waals surface area contributed by atoms with E-state index in [0.717, 1.165) is 17.3 Å². The first-order valence-corrected chi connectivity index (χ1v) is 6.66. The molecule has 1 aromatic carbocycles. The summed E-state index contributed by atoms with van der Waals surface area (Å²) in [5.74, 6) is -0.256. The van der Waals surface area contributed by atoms with E-state index in [9.17, 15) is 9.59 Å². The third-order valence-corrected chi connectivity index (χ3v) is 3.47. The first-order chi connectivity index (χ1) is 8.58. The minimum atomic E-state index is -0.159. The van der Waals surface area contributed by atoms with Crippen LogP contribution in [0, 0.1) is 0 Å². The molecule has 0 heterocycles. The first kappa shape index (κ1) is 13.1. The van der Waals surface area contributed by atoms with Crippen molar-refractivity contribution in [3.8, 4) is 0 Å². The van der Waals surface area contributed by atoms with Crippen molar-refractivity contribution < 1.29 is 9.59 Å². The van der Waals surface area contributed by atoms with Gasteiger partial charge in [0.2, 0.25) is 5.91 Å². The van der Waals surface area contributed by atoms with Gasteiger partial charge in [-0.25, -0.2) is 0 Å². The van der Waals surface area contributed by atoms with Gasteiger partial charge in [-0.3, -0.25) is 9.59 Å². The maximum absolute atomic E-state index is 12.1. The Balaban J connectivity index is 1.95. The Kier molecular flexibility index (Phi) is 4.01. The highest BCUT2D eigenvalue weighted by atomic mass is 79.9. The maximum Gasteiger partial charge on any atom is 0.255 e. The minimum absolute atomic E-state index is 0.0939. The van der Waals surface area contributed by atoms with Crippen LogP contribution in [-0.4, -0.2) is 36.3 Å². The molecule has 0 spiro atoms. The highest BCUT2D eigenvalue weighted by molar-refractivity contribution is 9.10. The van der Waals surface area contributed by atoms with Crippen LogP contribution in [0.5, 0.6) is 0 Å². The van der Waals surface area contributed by atoms with Crippen LogP contribution in [0.25, 0.3) is 0 Å². The Morgan fingerprint density at radius 1 is 1.39 bits per heavy atom. The van der Waals surface area contributed by atoms with Gasteiger partial charge in [0, 0.05) is 17.6 Å². The van der Waals surface area contributed by atoms with Crippen molar-refractivity contribution >= 4 is 27.7 Å². The molecule has 0 aromatic heterocycles. The summed E-state index contributed by atoms with van der Waals surface area (Å²) >= 11 is 3.33. The molecule has 1 fully saturated rings. The largest absolute Gasteiger partial charge is 0.352 e. The molecule has 0 aliphatic heterocycles. The lowest BCUT2D eigenvalue weighted by atomic mass is 10.2. The van der Waals surface area contributed by atoms with E-state index in [2.05, 4.69) is 21.2 Å². The Bertz CT molecular complexity index is 472. The SMILES string of the molecule is CN(CC(=O)NC1CC1)C(=O)c1ccccc1Br. The van der Waals surface area contributed by atoms with Gasteiger partial charge in [-0.2, -0.15) is 0 Å². The van der Waals surface area contributed by atoms with Gasteiger partial charge >= 0.3 is 0 Å². The van der Waals surface area contributed by atoms with Crippen molar-refractivity contribution in [2.45, 2.75) is 18.9 Å². The molecule has 0 radical (unpaired) electrons. The van der Waals surface area contributed by atoms with Crippen molar-refractivity contribution in [1.29, 1.82) is 0 Å². The first-order valence-electron chi connectivity index (χ1n) is 5.87. The third kappa shape index (κ3) is 3.32. The average molecular weight is 311 g/mol. The summed E-state index contributed by atoms with van der Waals surface area (Å²) < 4.78 is 0.740. The molecule has 4 nitrogen and oxygen atoms in total. The lowest BCUT2D eigenvalue weighted by Gasteiger charge is -2.17. The van der Waals surface area contributed by atoms with Crippen molar-refractivity contribution in [2.24, 2.45) is 0 Å². The molecule has 1 saturated carbocycles. The highest BCUT2D eigenvalue weighted by Gasteiger charge is 2.24. The van der Waals surface area contributed by atoms with Crippen LogP contribution in [0.3, 0.4) is 0 Å². The number of nitrogens with one attached hydrogen (secondary N) is 1. The van der Waals surface area contributed by atoms with Crippen LogP contribution in [0.1, 0.15) is 23.2 Å². The van der Waals surface area contributed by atoms with Crippen LogP contribution in [0.4, 0.5) is 0 Å². The zero-order valence-corrected chi connectivity index (χ0v) is 11.7. The van der Waals surface area contributed by atoms with Crippen molar-refractivity contribution in [2.75, 3.05) is 13.6 Å². The zero-order valence-electron chi connectivity index (χ0n) is 10.1. The van der Waals surface area contributed by atoms with E-state index in [4.69, 9.17) is 0 Å². The molecule has 1 N–H and O–H groups in total. The van der Waals surface area contributed by atoms with E-state index in [1.165, 1.54) is 4.90 Å². The van der Waals surface area contributed by atoms with Gasteiger partial charge in [-0.1, -0.05) is 12.1 Å². The number of likely N-dealkylation sites (N-methyl/N-ethyl adjacent to an activating group) is 1. The number of hydrogen-bond donors (Lipinski definition) is 1. The monoisotopic (exact) mass is 310 g/mol. The minimum Gasteiger partial charge on any atom is -0.352 e. The van der Waals surface area contributed by atoms with Crippen molar-refractivity contribution in [3.05, 3.63) is 34.3 Å². The normalized spacial score (nSPS) is 14.1. The van der Waals surface area contributed by atoms with E-state index < -0.39 is 0 Å². The van der Waals surface area contributed by atoms with Crippen molar-refractivity contribution in [3.63, 3.8) is 0 Å². The predicted molar refractivity (Wildman–Crippen MR) is 72.3 cm³/mol. The Morgan fingerprint density at radius 2 is 2.06 bits per heavy atom. The Hall–Kier alpha value is -1.36. The second kappa shape index (κ2) is 5.52. The summed E-state index contributed by atoms with van der Waals surface area (Å²) in [7, 11) is 1.63. The number of amides is 2. The van der Waals surface area contributed by atoms with Gasteiger partial charge in [0.1, 0.15) is 0 Å². The van der Waals surface area contributed by atoms with E-state index in [1.54, 1.807) is 19.2 Å². The molecule has 0 atom stereocenters. The Labute approximate surface area is 114 Å². The number of benzene rings is 1. The summed E-state index contributed by atoms with van der Waals surface area (Å²) in [6.45, 7) is 0.0939. The van der Waals surface area contributed by atoms with Gasteiger partial charge in [0.05, 0.1) is 12.1 Å². The number of halogens is 1. The van der Waals surface area contributed by atoms with E-state index in [1.807, 2.05) is 12.1 Å². The molecule has 1 aliphatic rings. The van der Waals surface area contributed by atoms with Crippen LogP contribution in [0.2, 0.25) is 0 Å². The van der Waals surface area contributed by atoms with E-state index >= 15 is 0 Å². The van der Waals surface area contributed by atoms with Crippen LogP contribution >= 0.6 is 15.9 Å². The molecule has 2 amide bonds. The molecule has 1 aromatic rings. The third-order valence-electron chi connectivity index (χ3n) is 2.77. The molecule has 0 bridgehead atoms. The number of carbonyl (C=O) groups excluding carboxylic acids is 2. The smallest absolute Gasteiger partial charge is 0.255 e.